The van der Waals surface area contributed by atoms with Gasteiger partial charge in [-0.1, -0.05) is 31.4 Å². The summed E-state index contributed by atoms with van der Waals surface area (Å²) >= 11 is 0. The predicted octanol–water partition coefficient (Wildman–Crippen LogP) is 5.85. The van der Waals surface area contributed by atoms with Crippen LogP contribution in [0.15, 0.2) is 24.3 Å². The van der Waals surface area contributed by atoms with Gasteiger partial charge in [-0.3, -0.25) is 4.90 Å². The second kappa shape index (κ2) is 9.63. The molecule has 1 saturated carbocycles. The molecule has 1 aliphatic carbocycles. The van der Waals surface area contributed by atoms with Gasteiger partial charge in [0, 0.05) is 30.9 Å². The minimum absolute atomic E-state index is 0.0627. The summed E-state index contributed by atoms with van der Waals surface area (Å²) in [5.41, 5.74) is -3.88. The fourth-order valence-corrected chi connectivity index (χ4v) is 4.31. The molecule has 1 N–H and O–H groups in total. The SMILES string of the molecule is N#CCCN(CC(O)c1cc(C(F)(F)F)nc2c(C(F)(F)F)cccc12)C1CCCCC1. The molecule has 4 nitrogen and oxygen atoms in total. The van der Waals surface area contributed by atoms with E-state index in [1.165, 1.54) is 6.07 Å². The van der Waals surface area contributed by atoms with E-state index in [-0.39, 0.29) is 30.0 Å². The molecule has 0 aliphatic heterocycles. The molecule has 0 bridgehead atoms. The van der Waals surface area contributed by atoms with Crippen molar-refractivity contribution in [3.8, 4) is 6.07 Å². The number of aliphatic hydroxyl groups excluding tert-OH is 1. The summed E-state index contributed by atoms with van der Waals surface area (Å²) in [6.07, 6.45) is -6.52. The Morgan fingerprint density at radius 1 is 1.09 bits per heavy atom. The summed E-state index contributed by atoms with van der Waals surface area (Å²) in [6.45, 7) is 0.236. The zero-order valence-electron chi connectivity index (χ0n) is 17.2. The summed E-state index contributed by atoms with van der Waals surface area (Å²) < 4.78 is 80.7. The Morgan fingerprint density at radius 3 is 2.38 bits per heavy atom. The van der Waals surface area contributed by atoms with Gasteiger partial charge < -0.3 is 5.11 Å². The Labute approximate surface area is 181 Å². The number of nitrogens with zero attached hydrogens (tertiary/aromatic N) is 3. The Kier molecular flexibility index (Phi) is 7.30. The maximum atomic E-state index is 13.4. The smallest absolute Gasteiger partial charge is 0.387 e. The van der Waals surface area contributed by atoms with E-state index in [1.54, 1.807) is 0 Å². The van der Waals surface area contributed by atoms with Crippen molar-refractivity contribution in [1.29, 1.82) is 5.26 Å². The maximum absolute atomic E-state index is 13.4. The second-order valence-electron chi connectivity index (χ2n) is 8.00. The van der Waals surface area contributed by atoms with E-state index in [1.807, 2.05) is 11.0 Å². The van der Waals surface area contributed by atoms with Crippen LogP contribution in [0.25, 0.3) is 10.9 Å². The van der Waals surface area contributed by atoms with Crippen molar-refractivity contribution in [2.24, 2.45) is 0 Å². The third-order valence-corrected chi connectivity index (χ3v) is 5.84. The number of hydrogen-bond acceptors (Lipinski definition) is 4. The number of pyridine rings is 1. The number of para-hydroxylation sites is 1. The Hall–Kier alpha value is -2.38. The standard InChI is InChI=1S/C22H23F6N3O/c23-21(24,25)17-9-4-8-15-16(12-19(22(26,27)28)30-20(15)17)18(32)13-31(11-5-10-29)14-6-2-1-3-7-14/h4,8-9,12,14,18,32H,1-3,5-7,11,13H2. The number of alkyl halides is 6. The lowest BCUT2D eigenvalue weighted by Crippen LogP contribution is -2.40. The zero-order valence-corrected chi connectivity index (χ0v) is 17.2. The third-order valence-electron chi connectivity index (χ3n) is 5.84. The molecule has 0 amide bonds. The van der Waals surface area contributed by atoms with Crippen molar-refractivity contribution in [3.05, 3.63) is 41.1 Å². The molecule has 174 valence electrons. The summed E-state index contributed by atoms with van der Waals surface area (Å²) in [5.74, 6) is 0. The van der Waals surface area contributed by atoms with Crippen LogP contribution in [-0.4, -0.2) is 34.1 Å². The second-order valence-corrected chi connectivity index (χ2v) is 8.00. The summed E-state index contributed by atoms with van der Waals surface area (Å²) in [7, 11) is 0. The average Bonchev–Trinajstić information content (AvgIpc) is 2.74. The monoisotopic (exact) mass is 459 g/mol. The van der Waals surface area contributed by atoms with Gasteiger partial charge in [0.15, 0.2) is 0 Å². The number of aliphatic hydroxyl groups is 1. The molecule has 32 heavy (non-hydrogen) atoms. The largest absolute Gasteiger partial charge is 0.433 e. The molecule has 0 radical (unpaired) electrons. The summed E-state index contributed by atoms with van der Waals surface area (Å²) in [4.78, 5) is 5.12. The van der Waals surface area contributed by atoms with E-state index in [2.05, 4.69) is 4.98 Å². The number of fused-ring (bicyclic) bond motifs is 1. The van der Waals surface area contributed by atoms with Crippen LogP contribution in [-0.2, 0) is 12.4 Å². The van der Waals surface area contributed by atoms with E-state index < -0.39 is 35.2 Å². The molecule has 10 heteroatoms. The van der Waals surface area contributed by atoms with E-state index in [9.17, 15) is 31.4 Å². The highest BCUT2D eigenvalue weighted by Crippen LogP contribution is 2.39. The molecular weight excluding hydrogens is 436 g/mol. The van der Waals surface area contributed by atoms with Crippen molar-refractivity contribution < 1.29 is 31.4 Å². The first kappa shape index (κ1) is 24.3. The fraction of sp³-hybridized carbons (Fsp3) is 0.545. The molecule has 3 rings (SSSR count). The van der Waals surface area contributed by atoms with Gasteiger partial charge >= 0.3 is 12.4 Å². The van der Waals surface area contributed by atoms with Gasteiger partial charge in [0.2, 0.25) is 0 Å². The first-order chi connectivity index (χ1) is 15.0. The lowest BCUT2D eigenvalue weighted by Gasteiger charge is -2.35. The van der Waals surface area contributed by atoms with Crippen LogP contribution < -0.4 is 0 Å². The minimum Gasteiger partial charge on any atom is -0.387 e. The first-order valence-corrected chi connectivity index (χ1v) is 10.4. The molecular formula is C22H23F6N3O. The van der Waals surface area contributed by atoms with Crippen LogP contribution in [0.5, 0.6) is 0 Å². The molecule has 1 aromatic carbocycles. The summed E-state index contributed by atoms with van der Waals surface area (Å²) in [6, 6.07) is 5.70. The van der Waals surface area contributed by atoms with Crippen LogP contribution in [0, 0.1) is 11.3 Å². The third kappa shape index (κ3) is 5.51. The average molecular weight is 459 g/mol. The number of nitriles is 1. The molecule has 1 unspecified atom stereocenters. The van der Waals surface area contributed by atoms with Crippen molar-refractivity contribution in [2.45, 2.75) is 63.0 Å². The van der Waals surface area contributed by atoms with Gasteiger partial charge in [0.05, 0.1) is 23.3 Å². The lowest BCUT2D eigenvalue weighted by molar-refractivity contribution is -0.142. The summed E-state index contributed by atoms with van der Waals surface area (Å²) in [5, 5.41) is 19.7. The van der Waals surface area contributed by atoms with E-state index in [0.717, 1.165) is 38.2 Å². The molecule has 1 aliphatic rings. The molecule has 1 atom stereocenters. The van der Waals surface area contributed by atoms with Gasteiger partial charge in [-0.15, -0.1) is 0 Å². The van der Waals surface area contributed by atoms with Crippen molar-refractivity contribution >= 4 is 10.9 Å². The molecule has 2 aromatic rings. The normalized spacial score (nSPS) is 17.0. The maximum Gasteiger partial charge on any atom is 0.433 e. The van der Waals surface area contributed by atoms with Crippen LogP contribution in [0.4, 0.5) is 26.3 Å². The highest BCUT2D eigenvalue weighted by atomic mass is 19.4. The van der Waals surface area contributed by atoms with Gasteiger partial charge in [-0.25, -0.2) is 4.98 Å². The predicted molar refractivity (Wildman–Crippen MR) is 105 cm³/mol. The van der Waals surface area contributed by atoms with Crippen LogP contribution in [0.3, 0.4) is 0 Å². The van der Waals surface area contributed by atoms with Gasteiger partial charge in [0.1, 0.15) is 5.69 Å². The van der Waals surface area contributed by atoms with Gasteiger partial charge in [0.25, 0.3) is 0 Å². The lowest BCUT2D eigenvalue weighted by atomic mass is 9.93. The van der Waals surface area contributed by atoms with Crippen molar-refractivity contribution in [1.82, 2.24) is 9.88 Å². The minimum atomic E-state index is -4.98. The zero-order chi connectivity index (χ0) is 23.5. The number of rotatable bonds is 6. The number of aromatic nitrogens is 1. The fourth-order valence-electron chi connectivity index (χ4n) is 4.31. The van der Waals surface area contributed by atoms with E-state index in [0.29, 0.717) is 18.7 Å². The topological polar surface area (TPSA) is 60.2 Å². The van der Waals surface area contributed by atoms with E-state index in [4.69, 9.17) is 5.26 Å². The Bertz CT molecular complexity index is 977. The highest BCUT2D eigenvalue weighted by molar-refractivity contribution is 5.86. The van der Waals surface area contributed by atoms with Crippen LogP contribution in [0.1, 0.15) is 61.4 Å². The highest BCUT2D eigenvalue weighted by Gasteiger charge is 2.38. The van der Waals surface area contributed by atoms with Crippen molar-refractivity contribution in [3.63, 3.8) is 0 Å². The Balaban J connectivity index is 2.06. The van der Waals surface area contributed by atoms with Crippen LogP contribution >= 0.6 is 0 Å². The first-order valence-electron chi connectivity index (χ1n) is 10.4. The number of benzene rings is 1. The molecule has 1 fully saturated rings. The Morgan fingerprint density at radius 2 is 1.78 bits per heavy atom. The molecule has 0 spiro atoms. The van der Waals surface area contributed by atoms with Crippen molar-refractivity contribution in [2.75, 3.05) is 13.1 Å². The number of halogens is 6. The number of hydrogen-bond donors (Lipinski definition) is 1. The van der Waals surface area contributed by atoms with Crippen LogP contribution in [0.2, 0.25) is 0 Å². The quantitative estimate of drug-likeness (QED) is 0.551. The van der Waals surface area contributed by atoms with E-state index >= 15 is 0 Å². The van der Waals surface area contributed by atoms with Gasteiger partial charge in [-0.2, -0.15) is 31.6 Å². The molecule has 1 heterocycles. The molecule has 0 saturated heterocycles. The van der Waals surface area contributed by atoms with Gasteiger partial charge in [-0.05, 0) is 30.5 Å². The molecule has 1 aromatic heterocycles.